The number of rotatable bonds is 6. The molecule has 0 radical (unpaired) electrons. The van der Waals surface area contributed by atoms with Crippen LogP contribution in [-0.2, 0) is 11.3 Å². The number of fused-ring (bicyclic) bond motifs is 1. The average Bonchev–Trinajstić information content (AvgIpc) is 3.18. The lowest BCUT2D eigenvalue weighted by Gasteiger charge is -2.35. The maximum absolute atomic E-state index is 13.4. The summed E-state index contributed by atoms with van der Waals surface area (Å²) in [7, 11) is 2.00. The Morgan fingerprint density at radius 3 is 2.66 bits per heavy atom. The Kier molecular flexibility index (Phi) is 6.79. The van der Waals surface area contributed by atoms with Crippen molar-refractivity contribution in [3.8, 4) is 0 Å². The van der Waals surface area contributed by atoms with Gasteiger partial charge in [0.05, 0.1) is 10.6 Å². The van der Waals surface area contributed by atoms with Crippen LogP contribution in [0.3, 0.4) is 0 Å². The first kappa shape index (κ1) is 23.4. The molecule has 7 nitrogen and oxygen atoms in total. The van der Waals surface area contributed by atoms with Gasteiger partial charge in [0.2, 0.25) is 5.95 Å². The number of benzene rings is 2. The largest absolute Gasteiger partial charge is 0.341 e. The molecule has 9 heteroatoms. The molecule has 2 fully saturated rings. The SMILES string of the molecule is CN(c1nccc(/C=C2\SC(=O)NC2=O)n1)[C@H]1CC[C@H](NCc2ccc3cc(F)ccc3c2)CC1. The third-order valence-corrected chi connectivity index (χ3v) is 7.42. The smallest absolute Gasteiger partial charge is 0.290 e. The van der Waals surface area contributed by atoms with Gasteiger partial charge in [0.15, 0.2) is 0 Å². The number of thioether (sulfide) groups is 1. The van der Waals surface area contributed by atoms with Gasteiger partial charge in [-0.25, -0.2) is 14.4 Å². The van der Waals surface area contributed by atoms with Crippen molar-refractivity contribution in [3.63, 3.8) is 0 Å². The molecule has 2 aromatic carbocycles. The highest BCUT2D eigenvalue weighted by atomic mass is 32.2. The van der Waals surface area contributed by atoms with Crippen molar-refractivity contribution in [1.29, 1.82) is 0 Å². The van der Waals surface area contributed by atoms with E-state index in [9.17, 15) is 14.0 Å². The molecule has 180 valence electrons. The first-order chi connectivity index (χ1) is 16.9. The van der Waals surface area contributed by atoms with Gasteiger partial charge >= 0.3 is 0 Å². The van der Waals surface area contributed by atoms with E-state index >= 15 is 0 Å². The molecular formula is C26H26FN5O2S. The monoisotopic (exact) mass is 491 g/mol. The van der Waals surface area contributed by atoms with Crippen molar-refractivity contribution >= 4 is 45.7 Å². The predicted octanol–water partition coefficient (Wildman–Crippen LogP) is 4.63. The molecule has 1 saturated carbocycles. The molecule has 2 amide bonds. The van der Waals surface area contributed by atoms with Crippen molar-refractivity contribution in [1.82, 2.24) is 20.6 Å². The standard InChI is InChI=1S/C26H26FN5O2S/c1-32(25-28-11-10-21(30-25)14-23-24(33)31-26(34)35-23)22-8-6-20(7-9-22)29-15-16-2-3-18-13-19(27)5-4-17(18)12-16/h2-5,10-14,20,22,29H,6-9,15H2,1H3,(H,31,33,34)/b23-14-/t20-,22-. The number of amides is 2. The Bertz CT molecular complexity index is 1310. The van der Waals surface area contributed by atoms with Crippen LogP contribution >= 0.6 is 11.8 Å². The number of nitrogens with one attached hydrogen (secondary N) is 2. The van der Waals surface area contributed by atoms with Gasteiger partial charge in [-0.1, -0.05) is 18.2 Å². The molecule has 5 rings (SSSR count). The maximum Gasteiger partial charge on any atom is 0.290 e. The lowest BCUT2D eigenvalue weighted by Crippen LogP contribution is -2.41. The highest BCUT2D eigenvalue weighted by Gasteiger charge is 2.27. The minimum Gasteiger partial charge on any atom is -0.341 e. The Morgan fingerprint density at radius 1 is 1.11 bits per heavy atom. The number of carbonyl (C=O) groups is 2. The molecule has 2 N–H and O–H groups in total. The van der Waals surface area contributed by atoms with Gasteiger partial charge in [-0.05, 0) is 84.1 Å². The predicted molar refractivity (Wildman–Crippen MR) is 136 cm³/mol. The van der Waals surface area contributed by atoms with Gasteiger partial charge in [0, 0.05) is 31.9 Å². The highest BCUT2D eigenvalue weighted by molar-refractivity contribution is 8.18. The lowest BCUT2D eigenvalue weighted by atomic mass is 9.90. The van der Waals surface area contributed by atoms with Gasteiger partial charge in [0.1, 0.15) is 5.82 Å². The molecule has 0 spiro atoms. The normalized spacial score (nSPS) is 21.5. The van der Waals surface area contributed by atoms with E-state index in [0.717, 1.165) is 54.8 Å². The van der Waals surface area contributed by atoms with E-state index in [2.05, 4.69) is 37.6 Å². The van der Waals surface area contributed by atoms with Crippen molar-refractivity contribution < 1.29 is 14.0 Å². The first-order valence-electron chi connectivity index (χ1n) is 11.7. The van der Waals surface area contributed by atoms with E-state index in [1.807, 2.05) is 19.2 Å². The van der Waals surface area contributed by atoms with Crippen LogP contribution in [0.1, 0.15) is 36.9 Å². The maximum atomic E-state index is 13.4. The third-order valence-electron chi connectivity index (χ3n) is 6.61. The lowest BCUT2D eigenvalue weighted by molar-refractivity contribution is -0.115. The van der Waals surface area contributed by atoms with Crippen LogP contribution in [0.4, 0.5) is 15.1 Å². The van der Waals surface area contributed by atoms with Crippen molar-refractivity contribution in [2.45, 2.75) is 44.3 Å². The zero-order valence-electron chi connectivity index (χ0n) is 19.3. The minimum atomic E-state index is -0.392. The second kappa shape index (κ2) is 10.1. The molecular weight excluding hydrogens is 465 g/mol. The third kappa shape index (κ3) is 5.52. The summed E-state index contributed by atoms with van der Waals surface area (Å²) in [5.74, 6) is 0.00553. The summed E-state index contributed by atoms with van der Waals surface area (Å²) in [6.45, 7) is 0.784. The van der Waals surface area contributed by atoms with Crippen LogP contribution in [0.15, 0.2) is 53.6 Å². The van der Waals surface area contributed by atoms with E-state index in [1.54, 1.807) is 24.4 Å². The van der Waals surface area contributed by atoms with E-state index in [0.29, 0.717) is 28.6 Å². The number of halogens is 1. The van der Waals surface area contributed by atoms with Gasteiger partial charge in [-0.15, -0.1) is 0 Å². The zero-order chi connectivity index (χ0) is 24.4. The van der Waals surface area contributed by atoms with E-state index in [-0.39, 0.29) is 11.1 Å². The summed E-state index contributed by atoms with van der Waals surface area (Å²) in [6, 6.07) is 13.5. The van der Waals surface area contributed by atoms with Crippen molar-refractivity contribution in [2.75, 3.05) is 11.9 Å². The van der Waals surface area contributed by atoms with Crippen molar-refractivity contribution in [3.05, 3.63) is 70.6 Å². The summed E-state index contributed by atoms with van der Waals surface area (Å²) in [5.41, 5.74) is 1.79. The molecule has 1 aromatic heterocycles. The molecule has 0 bridgehead atoms. The fraction of sp³-hybridized carbons (Fsp3) is 0.308. The number of hydrogen-bond donors (Lipinski definition) is 2. The topological polar surface area (TPSA) is 87.2 Å². The van der Waals surface area contributed by atoms with Gasteiger partial charge in [0.25, 0.3) is 11.1 Å². The summed E-state index contributed by atoms with van der Waals surface area (Å²) < 4.78 is 13.4. The fourth-order valence-corrected chi connectivity index (χ4v) is 5.30. The zero-order valence-corrected chi connectivity index (χ0v) is 20.1. The fourth-order valence-electron chi connectivity index (χ4n) is 4.64. The Morgan fingerprint density at radius 2 is 1.89 bits per heavy atom. The Balaban J connectivity index is 1.15. The van der Waals surface area contributed by atoms with E-state index in [1.165, 1.54) is 11.6 Å². The average molecular weight is 492 g/mol. The molecule has 35 heavy (non-hydrogen) atoms. The van der Waals surface area contributed by atoms with Crippen LogP contribution in [-0.4, -0.2) is 40.2 Å². The number of anilines is 1. The highest BCUT2D eigenvalue weighted by Crippen LogP contribution is 2.27. The molecule has 2 heterocycles. The Hall–Kier alpha value is -3.30. The molecule has 1 aliphatic carbocycles. The first-order valence-corrected chi connectivity index (χ1v) is 12.5. The molecule has 0 atom stereocenters. The number of imide groups is 1. The second-order valence-corrected chi connectivity index (χ2v) is 9.97. The molecule has 2 aliphatic rings. The van der Waals surface area contributed by atoms with E-state index < -0.39 is 5.91 Å². The minimum absolute atomic E-state index is 0.212. The van der Waals surface area contributed by atoms with Crippen LogP contribution in [0.2, 0.25) is 0 Å². The van der Waals surface area contributed by atoms with Crippen LogP contribution < -0.4 is 15.5 Å². The quantitative estimate of drug-likeness (QED) is 0.486. The second-order valence-electron chi connectivity index (χ2n) is 8.96. The molecule has 0 unspecified atom stereocenters. The number of hydrogen-bond acceptors (Lipinski definition) is 7. The molecule has 1 aliphatic heterocycles. The molecule has 1 saturated heterocycles. The van der Waals surface area contributed by atoms with Gasteiger partial charge in [-0.3, -0.25) is 14.9 Å². The summed E-state index contributed by atoms with van der Waals surface area (Å²) in [5, 5.41) is 7.52. The Labute approximate surface area is 207 Å². The summed E-state index contributed by atoms with van der Waals surface area (Å²) in [4.78, 5) is 34.6. The van der Waals surface area contributed by atoms with Crippen LogP contribution in [0.25, 0.3) is 16.8 Å². The van der Waals surface area contributed by atoms with Crippen molar-refractivity contribution in [2.24, 2.45) is 0 Å². The summed E-state index contributed by atoms with van der Waals surface area (Å²) in [6.07, 6.45) is 7.44. The molecule has 3 aromatic rings. The van der Waals surface area contributed by atoms with E-state index in [4.69, 9.17) is 0 Å². The number of carbonyl (C=O) groups excluding carboxylic acids is 2. The van der Waals surface area contributed by atoms with Crippen LogP contribution in [0.5, 0.6) is 0 Å². The van der Waals surface area contributed by atoms with Gasteiger partial charge in [-0.2, -0.15) is 0 Å². The number of nitrogens with zero attached hydrogens (tertiary/aromatic N) is 3. The van der Waals surface area contributed by atoms with Crippen LogP contribution in [0, 0.1) is 5.82 Å². The summed E-state index contributed by atoms with van der Waals surface area (Å²) >= 11 is 0.880. The number of aromatic nitrogens is 2. The van der Waals surface area contributed by atoms with Gasteiger partial charge < -0.3 is 10.2 Å².